The standard InChI is InChI=1S/C14H18N2O2/c1-2-3-4-5-6-7-8-11-12-10(13(17)16-11)9-15-14(12)18/h9H,2-8H2,1H3. The lowest BCUT2D eigenvalue weighted by molar-refractivity contribution is 0.604. The average Bonchev–Trinajstić information content (AvgIpc) is 2.87. The normalized spacial score (nSPS) is 11.4. The van der Waals surface area contributed by atoms with Crippen LogP contribution < -0.4 is 11.1 Å². The molecule has 0 spiro atoms. The van der Waals surface area contributed by atoms with Gasteiger partial charge in [-0.2, -0.15) is 0 Å². The zero-order valence-electron chi connectivity index (χ0n) is 10.7. The van der Waals surface area contributed by atoms with Crippen molar-refractivity contribution in [3.63, 3.8) is 0 Å². The molecule has 0 unspecified atom stereocenters. The molecule has 0 saturated heterocycles. The maximum absolute atomic E-state index is 11.5. The monoisotopic (exact) mass is 246 g/mol. The molecule has 18 heavy (non-hydrogen) atoms. The van der Waals surface area contributed by atoms with Crippen molar-refractivity contribution >= 4 is 0 Å². The van der Waals surface area contributed by atoms with E-state index in [0.717, 1.165) is 12.8 Å². The molecule has 4 nitrogen and oxygen atoms in total. The first kappa shape index (κ1) is 12.9. The van der Waals surface area contributed by atoms with Gasteiger partial charge in [-0.25, -0.2) is 9.97 Å². The minimum absolute atomic E-state index is 0.305. The van der Waals surface area contributed by atoms with Crippen molar-refractivity contribution < 1.29 is 0 Å². The molecule has 2 aliphatic rings. The molecule has 0 aromatic carbocycles. The van der Waals surface area contributed by atoms with Gasteiger partial charge < -0.3 is 0 Å². The quantitative estimate of drug-likeness (QED) is 0.698. The molecule has 2 rings (SSSR count). The Morgan fingerprint density at radius 2 is 1.72 bits per heavy atom. The Bertz CT molecular complexity index is 639. The van der Waals surface area contributed by atoms with Gasteiger partial charge in [-0.15, -0.1) is 0 Å². The summed E-state index contributed by atoms with van der Waals surface area (Å²) in [5.74, 6) is 0. The van der Waals surface area contributed by atoms with Gasteiger partial charge in [-0.3, -0.25) is 9.59 Å². The van der Waals surface area contributed by atoms with Crippen LogP contribution in [0.15, 0.2) is 15.8 Å². The number of aromatic nitrogens is 2. The van der Waals surface area contributed by atoms with E-state index in [1.165, 1.54) is 31.9 Å². The van der Waals surface area contributed by atoms with Gasteiger partial charge in [-0.1, -0.05) is 39.0 Å². The summed E-state index contributed by atoms with van der Waals surface area (Å²) in [6.07, 6.45) is 9.17. The van der Waals surface area contributed by atoms with Crippen LogP contribution in [0.2, 0.25) is 0 Å². The van der Waals surface area contributed by atoms with Crippen LogP contribution in [0.5, 0.6) is 0 Å². The Hall–Kier alpha value is -1.58. The number of unbranched alkanes of at least 4 members (excludes halogenated alkanes) is 5. The van der Waals surface area contributed by atoms with E-state index in [1.807, 2.05) is 0 Å². The molecule has 0 aromatic heterocycles. The molecule has 96 valence electrons. The second kappa shape index (κ2) is 5.85. The lowest BCUT2D eigenvalue weighted by Gasteiger charge is -1.98. The molecule has 2 aliphatic heterocycles. The molecule has 0 atom stereocenters. The number of hydrogen-bond acceptors (Lipinski definition) is 4. The Morgan fingerprint density at radius 3 is 2.50 bits per heavy atom. The van der Waals surface area contributed by atoms with E-state index in [9.17, 15) is 9.59 Å². The highest BCUT2D eigenvalue weighted by Gasteiger charge is 2.10. The zero-order valence-corrected chi connectivity index (χ0v) is 10.7. The number of aryl methyl sites for hydroxylation is 1. The summed E-state index contributed by atoms with van der Waals surface area (Å²) in [5, 5.41) is 0.842. The van der Waals surface area contributed by atoms with E-state index >= 15 is 0 Å². The Kier molecular flexibility index (Phi) is 4.18. The summed E-state index contributed by atoms with van der Waals surface area (Å²) in [4.78, 5) is 30.6. The highest BCUT2D eigenvalue weighted by Crippen LogP contribution is 2.08. The first-order valence-corrected chi connectivity index (χ1v) is 6.69. The summed E-state index contributed by atoms with van der Waals surface area (Å²) in [6, 6.07) is 0. The highest BCUT2D eigenvalue weighted by atomic mass is 16.1. The van der Waals surface area contributed by atoms with Crippen LogP contribution in [-0.4, -0.2) is 9.97 Å². The van der Waals surface area contributed by atoms with Crippen molar-refractivity contribution in [2.45, 2.75) is 51.9 Å². The third kappa shape index (κ3) is 2.63. The predicted molar refractivity (Wildman–Crippen MR) is 69.3 cm³/mol. The summed E-state index contributed by atoms with van der Waals surface area (Å²) in [5.41, 5.74) is 0.0363. The van der Waals surface area contributed by atoms with Crippen LogP contribution in [0.25, 0.3) is 0 Å². The molecular formula is C14H18N2O2. The van der Waals surface area contributed by atoms with Gasteiger partial charge in [-0.05, 0) is 12.8 Å². The van der Waals surface area contributed by atoms with Gasteiger partial charge in [0.05, 0.1) is 16.1 Å². The molecule has 0 amide bonds. The maximum Gasteiger partial charge on any atom is 0.279 e. The fraction of sp³-hybridized carbons (Fsp3) is 0.571. The molecule has 0 bridgehead atoms. The Morgan fingerprint density at radius 1 is 1.00 bits per heavy atom. The first-order valence-electron chi connectivity index (χ1n) is 6.69. The molecule has 0 saturated carbocycles. The van der Waals surface area contributed by atoms with Gasteiger partial charge in [0.1, 0.15) is 0 Å². The van der Waals surface area contributed by atoms with Crippen LogP contribution in [0.1, 0.15) is 51.1 Å². The van der Waals surface area contributed by atoms with Crippen LogP contribution in [0.4, 0.5) is 0 Å². The van der Waals surface area contributed by atoms with E-state index in [-0.39, 0.29) is 11.1 Å². The van der Waals surface area contributed by atoms with Crippen molar-refractivity contribution in [3.05, 3.63) is 43.0 Å². The molecule has 2 heterocycles. The average molecular weight is 246 g/mol. The zero-order chi connectivity index (χ0) is 13.0. The molecule has 0 aromatic rings. The topological polar surface area (TPSA) is 59.9 Å². The van der Waals surface area contributed by atoms with Crippen molar-refractivity contribution in [2.75, 3.05) is 0 Å². The summed E-state index contributed by atoms with van der Waals surface area (Å²) < 4.78 is 0. The van der Waals surface area contributed by atoms with Gasteiger partial charge >= 0.3 is 0 Å². The fourth-order valence-electron chi connectivity index (χ4n) is 2.30. The van der Waals surface area contributed by atoms with Gasteiger partial charge in [0, 0.05) is 6.20 Å². The molecule has 4 heteroatoms. The lowest BCUT2D eigenvalue weighted by atomic mass is 10.1. The molecule has 0 radical (unpaired) electrons. The number of rotatable bonds is 7. The SMILES string of the molecule is CCCCCCCCc1nc(=O)c2cnc(=O)c1=2. The van der Waals surface area contributed by atoms with Crippen LogP contribution in [-0.2, 0) is 6.42 Å². The highest BCUT2D eigenvalue weighted by molar-refractivity contribution is 5.16. The summed E-state index contributed by atoms with van der Waals surface area (Å²) in [7, 11) is 0. The molecule has 0 N–H and O–H groups in total. The minimum Gasteiger partial charge on any atom is -0.267 e. The fourth-order valence-corrected chi connectivity index (χ4v) is 2.30. The van der Waals surface area contributed by atoms with Gasteiger partial charge in [0.2, 0.25) is 0 Å². The molecule has 0 fully saturated rings. The van der Waals surface area contributed by atoms with Gasteiger partial charge in [0.15, 0.2) is 0 Å². The van der Waals surface area contributed by atoms with Crippen molar-refractivity contribution in [1.29, 1.82) is 0 Å². The predicted octanol–water partition coefficient (Wildman–Crippen LogP) is 1.70. The summed E-state index contributed by atoms with van der Waals surface area (Å²) in [6.45, 7) is 2.19. The molecule has 0 aliphatic carbocycles. The second-order valence-electron chi connectivity index (χ2n) is 4.73. The largest absolute Gasteiger partial charge is 0.279 e. The van der Waals surface area contributed by atoms with Crippen molar-refractivity contribution in [3.8, 4) is 0 Å². The van der Waals surface area contributed by atoms with Crippen LogP contribution in [0.3, 0.4) is 0 Å². The number of nitrogens with zero attached hydrogens (tertiary/aromatic N) is 2. The smallest absolute Gasteiger partial charge is 0.267 e. The van der Waals surface area contributed by atoms with E-state index in [0.29, 0.717) is 22.6 Å². The Labute approximate surface area is 105 Å². The third-order valence-electron chi connectivity index (χ3n) is 3.32. The third-order valence-corrected chi connectivity index (χ3v) is 3.32. The second-order valence-corrected chi connectivity index (χ2v) is 4.73. The van der Waals surface area contributed by atoms with Crippen molar-refractivity contribution in [2.24, 2.45) is 0 Å². The minimum atomic E-state index is -0.305. The Balaban J connectivity index is 1.96. The lowest BCUT2D eigenvalue weighted by Crippen LogP contribution is -2.04. The summed E-state index contributed by atoms with van der Waals surface area (Å²) >= 11 is 0. The molecular weight excluding hydrogens is 228 g/mol. The van der Waals surface area contributed by atoms with E-state index in [1.54, 1.807) is 0 Å². The van der Waals surface area contributed by atoms with E-state index in [2.05, 4.69) is 16.9 Å². The van der Waals surface area contributed by atoms with E-state index < -0.39 is 0 Å². The van der Waals surface area contributed by atoms with Crippen molar-refractivity contribution in [1.82, 2.24) is 9.97 Å². The maximum atomic E-state index is 11.5. The van der Waals surface area contributed by atoms with E-state index in [4.69, 9.17) is 0 Å². The number of hydrogen-bond donors (Lipinski definition) is 0. The van der Waals surface area contributed by atoms with Crippen LogP contribution in [0, 0.1) is 10.4 Å². The first-order chi connectivity index (χ1) is 8.74. The van der Waals surface area contributed by atoms with Gasteiger partial charge in [0.25, 0.3) is 11.1 Å². The van der Waals surface area contributed by atoms with Crippen LogP contribution >= 0.6 is 0 Å².